The first-order valence-electron chi connectivity index (χ1n) is 14.1. The van der Waals surface area contributed by atoms with Crippen molar-refractivity contribution >= 4 is 21.8 Å². The molecule has 10 nitrogen and oxygen atoms in total. The molecule has 5 aromatic rings. The summed E-state index contributed by atoms with van der Waals surface area (Å²) in [6.45, 7) is 9.53. The molecule has 2 N–H and O–H groups in total. The van der Waals surface area contributed by atoms with E-state index in [1.165, 1.54) is 18.4 Å². The summed E-state index contributed by atoms with van der Waals surface area (Å²) in [5.74, 6) is 1.21. The van der Waals surface area contributed by atoms with Crippen molar-refractivity contribution in [2.24, 2.45) is 7.05 Å². The molecule has 0 saturated heterocycles. The number of hydrogen-bond acceptors (Lipinski definition) is 7. The number of aromatic nitrogens is 7. The molecule has 1 aromatic carbocycles. The smallest absolute Gasteiger partial charge is 0.221 e. The lowest BCUT2D eigenvalue weighted by Gasteiger charge is -2.24. The molecular weight excluding hydrogens is 504 g/mol. The Morgan fingerprint density at radius 3 is 2.65 bits per heavy atom. The number of aryl methyl sites for hydroxylation is 3. The molecule has 40 heavy (non-hydrogen) atoms. The van der Waals surface area contributed by atoms with Crippen molar-refractivity contribution in [1.82, 2.24) is 39.6 Å². The molecule has 0 unspecified atom stereocenters. The van der Waals surface area contributed by atoms with Crippen molar-refractivity contribution in [3.63, 3.8) is 0 Å². The first kappa shape index (κ1) is 25.2. The van der Waals surface area contributed by atoms with E-state index >= 15 is 0 Å². The Hall–Kier alpha value is -3.76. The summed E-state index contributed by atoms with van der Waals surface area (Å²) >= 11 is 0. The van der Waals surface area contributed by atoms with Crippen LogP contribution < -0.4 is 4.74 Å². The van der Waals surface area contributed by atoms with E-state index in [1.54, 1.807) is 0 Å². The molecule has 0 radical (unpaired) electrons. The van der Waals surface area contributed by atoms with Crippen molar-refractivity contribution in [2.45, 2.75) is 65.1 Å². The zero-order valence-corrected chi connectivity index (χ0v) is 24.0. The summed E-state index contributed by atoms with van der Waals surface area (Å²) < 4.78 is 10.4. The van der Waals surface area contributed by atoms with Crippen molar-refractivity contribution in [3.05, 3.63) is 40.8 Å². The third-order valence-corrected chi connectivity index (χ3v) is 8.37. The molecule has 7 rings (SSSR count). The Balaban J connectivity index is 1.55. The van der Waals surface area contributed by atoms with Gasteiger partial charge in [0.15, 0.2) is 0 Å². The van der Waals surface area contributed by atoms with Crippen molar-refractivity contribution in [3.8, 4) is 28.4 Å². The van der Waals surface area contributed by atoms with Crippen LogP contribution in [-0.4, -0.2) is 71.1 Å². The van der Waals surface area contributed by atoms with Gasteiger partial charge in [0.1, 0.15) is 11.8 Å². The number of H-pyrrole nitrogens is 1. The number of hydrogen-bond donors (Lipinski definition) is 2. The molecule has 5 heterocycles. The lowest BCUT2D eigenvalue weighted by Crippen LogP contribution is -2.32. The Labute approximate surface area is 233 Å². The Morgan fingerprint density at radius 1 is 1.10 bits per heavy atom. The SMILES string of the molecule is Cc1nn(C)c2c1-c1cc3c(n[nH]c3c(C)n1)-c1cc(C3CC3)c3nn([C@@H](C)CO)c(c3c1)CN(C)C[C@H](C)O2. The third-order valence-electron chi connectivity index (χ3n) is 8.37. The van der Waals surface area contributed by atoms with Gasteiger partial charge in [0.05, 0.1) is 52.0 Å². The second-order valence-electron chi connectivity index (χ2n) is 11.8. The molecule has 2 aliphatic rings. The maximum atomic E-state index is 10.1. The monoisotopic (exact) mass is 540 g/mol. The molecular formula is C30H36N8O2. The summed E-state index contributed by atoms with van der Waals surface area (Å²) in [6, 6.07) is 6.50. The highest BCUT2D eigenvalue weighted by molar-refractivity contribution is 5.99. The first-order valence-corrected chi connectivity index (χ1v) is 14.1. The van der Waals surface area contributed by atoms with Gasteiger partial charge in [-0.3, -0.25) is 19.7 Å². The lowest BCUT2D eigenvalue weighted by molar-refractivity contribution is 0.145. The minimum atomic E-state index is -0.135. The number of fused-ring (bicyclic) bond motifs is 5. The number of aliphatic hydroxyl groups is 1. The summed E-state index contributed by atoms with van der Waals surface area (Å²) in [5, 5.41) is 30.2. The number of benzene rings is 1. The van der Waals surface area contributed by atoms with E-state index in [0.29, 0.717) is 24.9 Å². The fraction of sp³-hybridized carbons (Fsp3) is 0.467. The van der Waals surface area contributed by atoms with E-state index < -0.39 is 0 Å². The first-order chi connectivity index (χ1) is 19.2. The quantitative estimate of drug-likeness (QED) is 0.343. The highest BCUT2D eigenvalue weighted by Crippen LogP contribution is 2.46. The van der Waals surface area contributed by atoms with Gasteiger partial charge in [-0.25, -0.2) is 4.68 Å². The summed E-state index contributed by atoms with van der Waals surface area (Å²) in [5.41, 5.74) is 9.81. The fourth-order valence-corrected chi connectivity index (χ4v) is 6.30. The van der Waals surface area contributed by atoms with Crippen LogP contribution in [0.5, 0.6) is 5.88 Å². The second kappa shape index (κ2) is 9.14. The van der Waals surface area contributed by atoms with Gasteiger partial charge < -0.3 is 9.84 Å². The number of aliphatic hydroxyl groups excluding tert-OH is 1. The molecule has 2 atom stereocenters. The van der Waals surface area contributed by atoms with Crippen LogP contribution in [0.2, 0.25) is 0 Å². The molecule has 0 spiro atoms. The number of nitrogens with zero attached hydrogens (tertiary/aromatic N) is 7. The van der Waals surface area contributed by atoms with Gasteiger partial charge in [0.25, 0.3) is 0 Å². The van der Waals surface area contributed by atoms with Crippen LogP contribution in [0.4, 0.5) is 0 Å². The van der Waals surface area contributed by atoms with Crippen molar-refractivity contribution in [2.75, 3.05) is 20.2 Å². The fourth-order valence-electron chi connectivity index (χ4n) is 6.30. The van der Waals surface area contributed by atoms with Gasteiger partial charge in [-0.2, -0.15) is 15.3 Å². The zero-order chi connectivity index (χ0) is 27.9. The van der Waals surface area contributed by atoms with Crippen LogP contribution in [-0.2, 0) is 13.6 Å². The van der Waals surface area contributed by atoms with E-state index in [0.717, 1.165) is 61.4 Å². The second-order valence-corrected chi connectivity index (χ2v) is 11.8. The van der Waals surface area contributed by atoms with Crippen molar-refractivity contribution in [1.29, 1.82) is 0 Å². The van der Waals surface area contributed by atoms with Crippen LogP contribution in [0.1, 0.15) is 61.3 Å². The Morgan fingerprint density at radius 2 is 1.90 bits per heavy atom. The maximum Gasteiger partial charge on any atom is 0.221 e. The standard InChI is InChI=1S/C30H36N8O2/c1-15(14-39)38-25-13-36(5)12-16(2)40-30-26(17(3)34-37(30)6)24-11-23-27(18(4)31-24)32-33-28(23)20-9-21(19-7-8-19)29(35-38)22(25)10-20/h9-11,15-16,19,39H,7-8,12-14H2,1-6H3,(H,32,33)/t15-,16-/m0/s1. The number of likely N-dealkylation sites (N-methyl/N-ethyl adjacent to an activating group) is 1. The largest absolute Gasteiger partial charge is 0.473 e. The van der Waals surface area contributed by atoms with Gasteiger partial charge in [-0.15, -0.1) is 0 Å². The molecule has 4 aromatic heterocycles. The Bertz CT molecular complexity index is 1780. The molecule has 0 amide bonds. The summed E-state index contributed by atoms with van der Waals surface area (Å²) in [7, 11) is 4.03. The molecule has 208 valence electrons. The average Bonchev–Trinajstić information content (AvgIpc) is 3.48. The highest BCUT2D eigenvalue weighted by Gasteiger charge is 2.31. The van der Waals surface area contributed by atoms with Crippen LogP contribution in [0.15, 0.2) is 18.2 Å². The summed E-state index contributed by atoms with van der Waals surface area (Å²) in [4.78, 5) is 7.24. The number of nitrogens with one attached hydrogen (secondary N) is 1. The predicted octanol–water partition coefficient (Wildman–Crippen LogP) is 4.64. The van der Waals surface area contributed by atoms with Crippen LogP contribution in [0, 0.1) is 13.8 Å². The average molecular weight is 541 g/mol. The molecule has 1 aliphatic carbocycles. The van der Waals surface area contributed by atoms with Gasteiger partial charge in [-0.05, 0) is 77.3 Å². The van der Waals surface area contributed by atoms with Crippen molar-refractivity contribution < 1.29 is 9.84 Å². The number of pyridine rings is 1. The third kappa shape index (κ3) is 3.92. The van der Waals surface area contributed by atoms with Gasteiger partial charge in [0, 0.05) is 36.5 Å². The maximum absolute atomic E-state index is 10.1. The van der Waals surface area contributed by atoms with E-state index in [-0.39, 0.29) is 18.8 Å². The number of aromatic amines is 1. The number of ether oxygens (including phenoxy) is 1. The zero-order valence-electron chi connectivity index (χ0n) is 24.0. The Kier molecular flexibility index (Phi) is 5.76. The summed E-state index contributed by atoms with van der Waals surface area (Å²) in [6.07, 6.45) is 2.24. The minimum absolute atomic E-state index is 0.0253. The lowest BCUT2D eigenvalue weighted by atomic mass is 9.98. The number of rotatable bonds is 3. The van der Waals surface area contributed by atoms with E-state index in [1.807, 2.05) is 37.2 Å². The topological polar surface area (TPSA) is 110 Å². The molecule has 1 saturated carbocycles. The van der Waals surface area contributed by atoms with E-state index in [4.69, 9.17) is 25.0 Å². The molecule has 1 aliphatic heterocycles. The van der Waals surface area contributed by atoms with Gasteiger partial charge in [0.2, 0.25) is 5.88 Å². The van der Waals surface area contributed by atoms with Gasteiger partial charge >= 0.3 is 0 Å². The van der Waals surface area contributed by atoms with Crippen LogP contribution in [0.25, 0.3) is 44.3 Å². The molecule has 4 bridgehead atoms. The van der Waals surface area contributed by atoms with Crippen LogP contribution in [0.3, 0.4) is 0 Å². The van der Waals surface area contributed by atoms with E-state index in [9.17, 15) is 5.11 Å². The van der Waals surface area contributed by atoms with Crippen LogP contribution >= 0.6 is 0 Å². The highest BCUT2D eigenvalue weighted by atomic mass is 16.5. The normalized spacial score (nSPS) is 18.7. The van der Waals surface area contributed by atoms with E-state index in [2.05, 4.69) is 42.2 Å². The van der Waals surface area contributed by atoms with Gasteiger partial charge in [-0.1, -0.05) is 0 Å². The molecule has 10 heteroatoms. The predicted molar refractivity (Wildman–Crippen MR) is 154 cm³/mol. The molecule has 1 fully saturated rings. The minimum Gasteiger partial charge on any atom is -0.473 e.